The molecule has 1 nitrogen and oxygen atoms in total. The fourth-order valence-corrected chi connectivity index (χ4v) is 1.49. The van der Waals surface area contributed by atoms with Gasteiger partial charge in [-0.1, -0.05) is 28.1 Å². The number of carbonyl (C=O) groups is 1. The van der Waals surface area contributed by atoms with Crippen molar-refractivity contribution in [3.8, 4) is 0 Å². The van der Waals surface area contributed by atoms with Gasteiger partial charge >= 0.3 is 0 Å². The van der Waals surface area contributed by atoms with Gasteiger partial charge in [0.1, 0.15) is 0 Å². The first kappa shape index (κ1) is 9.75. The van der Waals surface area contributed by atoms with E-state index in [9.17, 15) is 4.79 Å². The minimum Gasteiger partial charge on any atom is -0.293 e. The largest absolute Gasteiger partial charge is 0.293 e. The predicted molar refractivity (Wildman–Crippen MR) is 53.9 cm³/mol. The average Bonchev–Trinajstić information content (AvgIpc) is 2.08. The molecule has 12 heavy (non-hydrogen) atoms. The Morgan fingerprint density at radius 3 is 2.83 bits per heavy atom. The molecule has 1 aromatic carbocycles. The van der Waals surface area contributed by atoms with Crippen molar-refractivity contribution in [3.05, 3.63) is 33.8 Å². The van der Waals surface area contributed by atoms with Crippen LogP contribution in [0.4, 0.5) is 0 Å². The summed E-state index contributed by atoms with van der Waals surface area (Å²) in [5.41, 5.74) is 1.64. The van der Waals surface area contributed by atoms with Crippen LogP contribution in [0.3, 0.4) is 0 Å². The second kappa shape index (κ2) is 4.06. The Kier molecular flexibility index (Phi) is 3.29. The molecule has 0 aliphatic carbocycles. The standard InChI is InChI=1S/C9H8BrClO/c1-6-7(9(12)5-11)3-2-4-8(6)10/h2-4H,5H2,1H3. The van der Waals surface area contributed by atoms with Crippen LogP contribution in [0.1, 0.15) is 15.9 Å². The monoisotopic (exact) mass is 246 g/mol. The molecule has 0 aliphatic heterocycles. The molecule has 0 saturated carbocycles. The molecule has 0 heterocycles. The maximum Gasteiger partial charge on any atom is 0.177 e. The third-order valence-corrected chi connectivity index (χ3v) is 2.79. The van der Waals surface area contributed by atoms with E-state index in [1.54, 1.807) is 6.07 Å². The van der Waals surface area contributed by atoms with Crippen molar-refractivity contribution in [2.45, 2.75) is 6.92 Å². The van der Waals surface area contributed by atoms with Crippen LogP contribution < -0.4 is 0 Å². The van der Waals surface area contributed by atoms with Crippen molar-refractivity contribution < 1.29 is 4.79 Å². The van der Waals surface area contributed by atoms with Gasteiger partial charge in [0, 0.05) is 10.0 Å². The van der Waals surface area contributed by atoms with E-state index >= 15 is 0 Å². The molecule has 0 N–H and O–H groups in total. The van der Waals surface area contributed by atoms with Crippen molar-refractivity contribution in [2.24, 2.45) is 0 Å². The summed E-state index contributed by atoms with van der Waals surface area (Å²) in [7, 11) is 0. The Morgan fingerprint density at radius 1 is 1.58 bits per heavy atom. The first-order valence-electron chi connectivity index (χ1n) is 3.51. The predicted octanol–water partition coefficient (Wildman–Crippen LogP) is 3.18. The molecule has 0 unspecified atom stereocenters. The van der Waals surface area contributed by atoms with Crippen molar-refractivity contribution in [1.82, 2.24) is 0 Å². The van der Waals surface area contributed by atoms with Crippen molar-refractivity contribution in [2.75, 3.05) is 5.88 Å². The lowest BCUT2D eigenvalue weighted by atomic mass is 10.1. The maximum atomic E-state index is 11.2. The molecular formula is C9H8BrClO. The number of carbonyl (C=O) groups excluding carboxylic acids is 1. The Hall–Kier alpha value is -0.340. The molecule has 0 saturated heterocycles. The number of alkyl halides is 1. The van der Waals surface area contributed by atoms with Crippen LogP contribution in [-0.2, 0) is 0 Å². The third kappa shape index (κ3) is 1.87. The van der Waals surface area contributed by atoms with E-state index < -0.39 is 0 Å². The summed E-state index contributed by atoms with van der Waals surface area (Å²) < 4.78 is 0.943. The molecule has 1 aromatic rings. The summed E-state index contributed by atoms with van der Waals surface area (Å²) in [5.74, 6) is 0.00701. The van der Waals surface area contributed by atoms with Crippen LogP contribution in [0.15, 0.2) is 22.7 Å². The van der Waals surface area contributed by atoms with E-state index in [4.69, 9.17) is 11.6 Å². The highest BCUT2D eigenvalue weighted by Gasteiger charge is 2.08. The fraction of sp³-hybridized carbons (Fsp3) is 0.222. The van der Waals surface area contributed by atoms with Gasteiger partial charge in [-0.15, -0.1) is 11.6 Å². The zero-order valence-electron chi connectivity index (χ0n) is 6.60. The van der Waals surface area contributed by atoms with Gasteiger partial charge in [0.15, 0.2) is 5.78 Å². The van der Waals surface area contributed by atoms with E-state index in [-0.39, 0.29) is 11.7 Å². The molecule has 0 radical (unpaired) electrons. The average molecular weight is 248 g/mol. The topological polar surface area (TPSA) is 17.1 Å². The van der Waals surface area contributed by atoms with Crippen LogP contribution in [0.2, 0.25) is 0 Å². The molecular weight excluding hydrogens is 239 g/mol. The van der Waals surface area contributed by atoms with Gasteiger partial charge in [0.2, 0.25) is 0 Å². The van der Waals surface area contributed by atoms with Crippen LogP contribution in [-0.4, -0.2) is 11.7 Å². The van der Waals surface area contributed by atoms with Crippen LogP contribution in [0.25, 0.3) is 0 Å². The second-order valence-electron chi connectivity index (χ2n) is 2.47. The highest BCUT2D eigenvalue weighted by atomic mass is 79.9. The van der Waals surface area contributed by atoms with Crippen molar-refractivity contribution in [1.29, 1.82) is 0 Å². The smallest absolute Gasteiger partial charge is 0.177 e. The van der Waals surface area contributed by atoms with E-state index in [1.165, 1.54) is 0 Å². The molecule has 0 aliphatic rings. The molecule has 0 atom stereocenters. The maximum absolute atomic E-state index is 11.2. The van der Waals surface area contributed by atoms with Gasteiger partial charge in [-0.05, 0) is 18.6 Å². The molecule has 3 heteroatoms. The van der Waals surface area contributed by atoms with E-state index in [0.717, 1.165) is 10.0 Å². The number of rotatable bonds is 2. The quantitative estimate of drug-likeness (QED) is 0.579. The molecule has 0 bridgehead atoms. The number of Topliss-reactive ketones (excluding diaryl/α,β-unsaturated/α-hetero) is 1. The Morgan fingerprint density at radius 2 is 2.25 bits per heavy atom. The minimum atomic E-state index is -0.0320. The number of benzene rings is 1. The molecule has 64 valence electrons. The van der Waals surface area contributed by atoms with Gasteiger partial charge in [-0.25, -0.2) is 0 Å². The zero-order valence-corrected chi connectivity index (χ0v) is 8.95. The normalized spacial score (nSPS) is 9.92. The summed E-state index contributed by atoms with van der Waals surface area (Å²) in [5, 5.41) is 0. The molecule has 0 amide bonds. The molecule has 0 spiro atoms. The molecule has 0 fully saturated rings. The Bertz CT molecular complexity index is 309. The first-order chi connectivity index (χ1) is 5.66. The van der Waals surface area contributed by atoms with Crippen LogP contribution >= 0.6 is 27.5 Å². The minimum absolute atomic E-state index is 0.0320. The molecule has 1 rings (SSSR count). The SMILES string of the molecule is Cc1c(Br)cccc1C(=O)CCl. The second-order valence-corrected chi connectivity index (χ2v) is 3.59. The lowest BCUT2D eigenvalue weighted by molar-refractivity contribution is 0.102. The summed E-state index contributed by atoms with van der Waals surface area (Å²) in [4.78, 5) is 11.2. The van der Waals surface area contributed by atoms with E-state index in [1.807, 2.05) is 19.1 Å². The molecule has 0 aromatic heterocycles. The van der Waals surface area contributed by atoms with E-state index in [0.29, 0.717) is 5.56 Å². The van der Waals surface area contributed by atoms with Gasteiger partial charge in [-0.3, -0.25) is 4.79 Å². The number of hydrogen-bond donors (Lipinski definition) is 0. The number of ketones is 1. The van der Waals surface area contributed by atoms with Crippen LogP contribution in [0.5, 0.6) is 0 Å². The summed E-state index contributed by atoms with van der Waals surface area (Å²) >= 11 is 8.79. The Balaban J connectivity index is 3.16. The zero-order chi connectivity index (χ0) is 9.14. The van der Waals surface area contributed by atoms with Gasteiger partial charge in [-0.2, -0.15) is 0 Å². The summed E-state index contributed by atoms with van der Waals surface area (Å²) in [6.45, 7) is 1.89. The Labute approximate surface area is 84.9 Å². The summed E-state index contributed by atoms with van der Waals surface area (Å²) in [6, 6.07) is 5.52. The lowest BCUT2D eigenvalue weighted by Gasteiger charge is -2.03. The fourth-order valence-electron chi connectivity index (χ4n) is 0.982. The van der Waals surface area contributed by atoms with Gasteiger partial charge < -0.3 is 0 Å². The third-order valence-electron chi connectivity index (χ3n) is 1.69. The number of hydrogen-bond acceptors (Lipinski definition) is 1. The van der Waals surface area contributed by atoms with E-state index in [2.05, 4.69) is 15.9 Å². The van der Waals surface area contributed by atoms with Crippen LogP contribution in [0, 0.1) is 6.92 Å². The first-order valence-corrected chi connectivity index (χ1v) is 4.84. The highest BCUT2D eigenvalue weighted by Crippen LogP contribution is 2.19. The van der Waals surface area contributed by atoms with Gasteiger partial charge in [0.25, 0.3) is 0 Å². The summed E-state index contributed by atoms with van der Waals surface area (Å²) in [6.07, 6.45) is 0. The number of halogens is 2. The highest BCUT2D eigenvalue weighted by molar-refractivity contribution is 9.10. The van der Waals surface area contributed by atoms with Gasteiger partial charge in [0.05, 0.1) is 5.88 Å². The van der Waals surface area contributed by atoms with Crippen molar-refractivity contribution >= 4 is 33.3 Å². The lowest BCUT2D eigenvalue weighted by Crippen LogP contribution is -2.02. The van der Waals surface area contributed by atoms with Crippen molar-refractivity contribution in [3.63, 3.8) is 0 Å².